The van der Waals surface area contributed by atoms with E-state index in [1.165, 1.54) is 37.3 Å². The molecule has 132 valence electrons. The summed E-state index contributed by atoms with van der Waals surface area (Å²) >= 11 is 5.92. The zero-order valence-corrected chi connectivity index (χ0v) is 14.6. The maximum absolute atomic E-state index is 13.0. The molecule has 0 fully saturated rings. The smallest absolute Gasteiger partial charge is 0.270 e. The molecule has 6 nitrogen and oxygen atoms in total. The number of anilines is 1. The van der Waals surface area contributed by atoms with Crippen LogP contribution in [0, 0.1) is 6.92 Å². The third kappa shape index (κ3) is 3.22. The van der Waals surface area contributed by atoms with Crippen molar-refractivity contribution in [1.82, 2.24) is 5.43 Å². The van der Waals surface area contributed by atoms with E-state index in [2.05, 4.69) is 5.43 Å². The molecule has 0 bridgehead atoms. The third-order valence-electron chi connectivity index (χ3n) is 3.72. The fraction of sp³-hybridized carbons (Fsp3) is 0.235. The number of rotatable bonds is 3. The van der Waals surface area contributed by atoms with Crippen LogP contribution >= 0.6 is 11.6 Å². The fourth-order valence-corrected chi connectivity index (χ4v) is 4.01. The van der Waals surface area contributed by atoms with Gasteiger partial charge >= 0.3 is 0 Å². The second-order valence-electron chi connectivity index (χ2n) is 5.36. The molecule has 0 saturated heterocycles. The average Bonchev–Trinajstić information content (AvgIpc) is 2.79. The van der Waals surface area contributed by atoms with E-state index >= 15 is 0 Å². The normalized spacial score (nSPS) is 25.6. The minimum atomic E-state index is -4.27. The van der Waals surface area contributed by atoms with Crippen LogP contribution in [0.15, 0.2) is 41.3 Å². The van der Waals surface area contributed by atoms with Crippen LogP contribution in [0.1, 0.15) is 36.6 Å². The molecule has 0 radical (unpaired) electrons. The Balaban J connectivity index is 2.15. The molecule has 3 rings (SSSR count). The number of primary sulfonamides is 1. The lowest BCUT2D eigenvalue weighted by Crippen LogP contribution is -2.46. The Morgan fingerprint density at radius 3 is 2.84 bits per heavy atom. The molecule has 0 saturated carbocycles. The highest BCUT2D eigenvalue weighted by molar-refractivity contribution is 7.89. The zero-order chi connectivity index (χ0) is 23.6. The van der Waals surface area contributed by atoms with Crippen LogP contribution in [0.4, 0.5) is 5.69 Å². The van der Waals surface area contributed by atoms with E-state index < -0.39 is 40.1 Å². The number of halogens is 1. The number of nitrogens with two attached hydrogens (primary N) is 1. The molecule has 0 aliphatic carbocycles. The van der Waals surface area contributed by atoms with Crippen molar-refractivity contribution < 1.29 is 21.4 Å². The van der Waals surface area contributed by atoms with E-state index in [-0.39, 0.29) is 27.4 Å². The lowest BCUT2D eigenvalue weighted by atomic mass is 10.1. The summed E-state index contributed by atoms with van der Waals surface area (Å²) in [5.41, 5.74) is 1.91. The number of nitrogens with one attached hydrogen (secondary N) is 1. The Hall–Kier alpha value is -2.09. The van der Waals surface area contributed by atoms with E-state index in [9.17, 15) is 13.2 Å². The van der Waals surface area contributed by atoms with Crippen molar-refractivity contribution in [1.29, 1.82) is 0 Å². The van der Waals surface area contributed by atoms with Crippen molar-refractivity contribution in [2.24, 2.45) is 5.14 Å². The third-order valence-corrected chi connectivity index (χ3v) is 5.24. The quantitative estimate of drug-likeness (QED) is 0.848. The molecule has 1 unspecified atom stereocenters. The lowest BCUT2D eigenvalue weighted by Gasteiger charge is -2.26. The predicted molar refractivity (Wildman–Crippen MR) is 97.1 cm³/mol. The topological polar surface area (TPSA) is 92.5 Å². The molecule has 25 heavy (non-hydrogen) atoms. The minimum Gasteiger partial charge on any atom is -0.282 e. The molecule has 1 aliphatic heterocycles. The number of sulfonamides is 1. The number of benzene rings is 2. The van der Waals surface area contributed by atoms with E-state index in [0.717, 1.165) is 6.07 Å². The first kappa shape index (κ1) is 11.5. The molecule has 1 heterocycles. The number of hydrazine groups is 1. The first-order valence-corrected chi connectivity index (χ1v) is 9.00. The summed E-state index contributed by atoms with van der Waals surface area (Å²) in [5, 5.41) is 5.64. The molecule has 1 atom stereocenters. The maximum Gasteiger partial charge on any atom is 0.270 e. The van der Waals surface area contributed by atoms with Crippen LogP contribution in [0.3, 0.4) is 0 Å². The summed E-state index contributed by atoms with van der Waals surface area (Å²) in [6, 6.07) is 5.18. The van der Waals surface area contributed by atoms with Gasteiger partial charge in [-0.1, -0.05) is 29.8 Å². The molecule has 8 heteroatoms. The van der Waals surface area contributed by atoms with Crippen molar-refractivity contribution >= 4 is 33.2 Å². The number of para-hydroxylation sites is 1. The van der Waals surface area contributed by atoms with Crippen LogP contribution in [-0.4, -0.2) is 20.3 Å². The Morgan fingerprint density at radius 1 is 1.44 bits per heavy atom. The van der Waals surface area contributed by atoms with Gasteiger partial charge in [0.25, 0.3) is 5.91 Å². The van der Waals surface area contributed by atoms with Gasteiger partial charge in [-0.25, -0.2) is 13.6 Å². The number of hydrogen-bond acceptors (Lipinski definition) is 4. The van der Waals surface area contributed by atoms with Crippen LogP contribution in [0.5, 0.6) is 0 Å². The van der Waals surface area contributed by atoms with Gasteiger partial charge in [-0.05, 0) is 49.5 Å². The molecular weight excluding hydrogens is 362 g/mol. The minimum absolute atomic E-state index is 0.00902. The van der Waals surface area contributed by atoms with Gasteiger partial charge < -0.3 is 0 Å². The summed E-state index contributed by atoms with van der Waals surface area (Å²) < 4.78 is 72.5. The highest BCUT2D eigenvalue weighted by Gasteiger charge is 2.28. The first-order chi connectivity index (χ1) is 14.0. The van der Waals surface area contributed by atoms with Crippen molar-refractivity contribution in [3.05, 3.63) is 58.1 Å². The fourth-order valence-electron chi connectivity index (χ4n) is 2.61. The van der Waals surface area contributed by atoms with Crippen molar-refractivity contribution in [2.75, 3.05) is 5.01 Å². The monoisotopic (exact) mass is 385 g/mol. The molecule has 2 aromatic rings. The summed E-state index contributed by atoms with van der Waals surface area (Å²) in [5.74, 6) is -0.965. The Labute approximate surface area is 160 Å². The van der Waals surface area contributed by atoms with Gasteiger partial charge in [-0.2, -0.15) is 0 Å². The van der Waals surface area contributed by atoms with Gasteiger partial charge in [0.15, 0.2) is 0 Å². The molecule has 0 spiro atoms. The number of carbonyl (C=O) groups is 1. The number of carbonyl (C=O) groups excluding carboxylic acids is 1. The number of fused-ring (bicyclic) bond motifs is 1. The molecular formula is C17H18ClN3O3S. The molecule has 1 aliphatic rings. The van der Waals surface area contributed by atoms with Gasteiger partial charge in [-0.15, -0.1) is 0 Å². The van der Waals surface area contributed by atoms with E-state index in [0.29, 0.717) is 5.01 Å². The summed E-state index contributed by atoms with van der Waals surface area (Å²) in [6.07, 6.45) is -2.68. The van der Waals surface area contributed by atoms with Crippen LogP contribution in [-0.2, 0) is 16.4 Å². The second kappa shape index (κ2) is 6.33. The zero-order valence-electron chi connectivity index (χ0n) is 19.0. The largest absolute Gasteiger partial charge is 0.282 e. The van der Waals surface area contributed by atoms with Crippen molar-refractivity contribution in [3.8, 4) is 0 Å². The average molecular weight is 386 g/mol. The molecule has 1 amide bonds. The molecule has 3 N–H and O–H groups in total. The van der Waals surface area contributed by atoms with Gasteiger partial charge in [0.05, 0.1) is 18.1 Å². The molecule has 0 aromatic heterocycles. The van der Waals surface area contributed by atoms with Crippen molar-refractivity contribution in [2.45, 2.75) is 31.1 Å². The first-order valence-electron chi connectivity index (χ1n) is 10.1. The van der Waals surface area contributed by atoms with E-state index in [1.54, 1.807) is 0 Å². The lowest BCUT2D eigenvalue weighted by molar-refractivity contribution is 0.0945. The summed E-state index contributed by atoms with van der Waals surface area (Å²) in [4.78, 5) is 12.6. The van der Waals surface area contributed by atoms with E-state index in [1.807, 2.05) is 0 Å². The SMILES string of the molecule is [2H]C([2H])([2H])C1([2H])N(NC(=O)c2ccc(Cl)c(S(N)(=O)=O)c2C)c2ccccc2C1([2H])[2H]. The highest BCUT2D eigenvalue weighted by atomic mass is 35.5. The van der Waals surface area contributed by atoms with Gasteiger partial charge in [0, 0.05) is 12.4 Å². The Morgan fingerprint density at radius 2 is 2.16 bits per heavy atom. The standard InChI is InChI=1S/C17H18ClN3O3S/c1-10-9-12-5-3-4-6-15(12)21(10)20-17(22)13-7-8-14(18)16(11(13)2)25(19,23)24/h3-8,10H,9H2,1-2H3,(H,20,22)(H2,19,23,24)/i1D3,9D2,10D. The molecule has 2 aromatic carbocycles. The highest BCUT2D eigenvalue weighted by Crippen LogP contribution is 2.31. The van der Waals surface area contributed by atoms with E-state index in [4.69, 9.17) is 25.0 Å². The summed E-state index contributed by atoms with van der Waals surface area (Å²) in [6.45, 7) is -1.88. The van der Waals surface area contributed by atoms with Gasteiger partial charge in [0.1, 0.15) is 4.90 Å². The van der Waals surface area contributed by atoms with Gasteiger partial charge in [0.2, 0.25) is 10.0 Å². The van der Waals surface area contributed by atoms with Crippen LogP contribution in [0.25, 0.3) is 0 Å². The predicted octanol–water partition coefficient (Wildman–Crippen LogP) is 2.39. The summed E-state index contributed by atoms with van der Waals surface area (Å²) in [7, 11) is -4.27. The second-order valence-corrected chi connectivity index (χ2v) is 7.27. The van der Waals surface area contributed by atoms with Crippen molar-refractivity contribution in [3.63, 3.8) is 0 Å². The van der Waals surface area contributed by atoms with Crippen LogP contribution < -0.4 is 15.6 Å². The number of hydrogen-bond donors (Lipinski definition) is 2. The van der Waals surface area contributed by atoms with Gasteiger partial charge in [-0.3, -0.25) is 15.2 Å². The Kier molecular flexibility index (Phi) is 2.91. The number of nitrogens with zero attached hydrogens (tertiary/aromatic N) is 1. The van der Waals surface area contributed by atoms with Crippen LogP contribution in [0.2, 0.25) is 5.02 Å². The maximum atomic E-state index is 13.0. The Bertz CT molecular complexity index is 1190. The number of amides is 1.